The lowest BCUT2D eigenvalue weighted by Crippen LogP contribution is -2.35. The molecule has 0 saturated heterocycles. The van der Waals surface area contributed by atoms with Crippen molar-refractivity contribution in [2.75, 3.05) is 27.3 Å². The van der Waals surface area contributed by atoms with Gasteiger partial charge in [0.25, 0.3) is 0 Å². The zero-order valence-electron chi connectivity index (χ0n) is 8.68. The molecule has 3 nitrogen and oxygen atoms in total. The number of rotatable bonds is 7. The Morgan fingerprint density at radius 2 is 1.92 bits per heavy atom. The smallest absolute Gasteiger partial charge is 0.0587 e. The summed E-state index contributed by atoms with van der Waals surface area (Å²) in [5.41, 5.74) is 0. The van der Waals surface area contributed by atoms with Gasteiger partial charge < -0.3 is 15.4 Å². The second kappa shape index (κ2) is 7.53. The SMILES string of the molecule is CNC(C)CC(C)NCCOC. The number of ether oxygens (including phenoxy) is 1. The van der Waals surface area contributed by atoms with Crippen molar-refractivity contribution in [3.8, 4) is 0 Å². The van der Waals surface area contributed by atoms with Crippen molar-refractivity contribution in [3.05, 3.63) is 0 Å². The minimum absolute atomic E-state index is 0.558. The predicted octanol–water partition coefficient (Wildman–Crippen LogP) is 0.609. The Kier molecular flexibility index (Phi) is 7.45. The highest BCUT2D eigenvalue weighted by Crippen LogP contribution is 1.95. The molecule has 74 valence electrons. The van der Waals surface area contributed by atoms with Gasteiger partial charge in [0.1, 0.15) is 0 Å². The van der Waals surface area contributed by atoms with Crippen LogP contribution in [0.25, 0.3) is 0 Å². The first-order valence-corrected chi connectivity index (χ1v) is 4.60. The topological polar surface area (TPSA) is 33.3 Å². The van der Waals surface area contributed by atoms with E-state index in [1.165, 1.54) is 0 Å². The maximum absolute atomic E-state index is 4.95. The Morgan fingerprint density at radius 3 is 2.42 bits per heavy atom. The Bertz CT molecular complexity index is 98.5. The van der Waals surface area contributed by atoms with Gasteiger partial charge in [0, 0.05) is 25.7 Å². The number of hydrogen-bond acceptors (Lipinski definition) is 3. The molecule has 0 heterocycles. The fourth-order valence-corrected chi connectivity index (χ4v) is 1.14. The molecule has 2 unspecified atom stereocenters. The molecule has 0 spiro atoms. The largest absolute Gasteiger partial charge is 0.383 e. The van der Waals surface area contributed by atoms with E-state index < -0.39 is 0 Å². The van der Waals surface area contributed by atoms with Gasteiger partial charge in [-0.2, -0.15) is 0 Å². The van der Waals surface area contributed by atoms with E-state index in [-0.39, 0.29) is 0 Å². The van der Waals surface area contributed by atoms with Crippen LogP contribution >= 0.6 is 0 Å². The van der Waals surface area contributed by atoms with E-state index in [4.69, 9.17) is 4.74 Å². The third-order valence-electron chi connectivity index (χ3n) is 2.00. The van der Waals surface area contributed by atoms with Gasteiger partial charge in [-0.3, -0.25) is 0 Å². The van der Waals surface area contributed by atoms with Crippen molar-refractivity contribution in [2.24, 2.45) is 0 Å². The van der Waals surface area contributed by atoms with Crippen LogP contribution in [0.3, 0.4) is 0 Å². The Labute approximate surface area is 75.9 Å². The lowest BCUT2D eigenvalue weighted by Gasteiger charge is -2.17. The number of nitrogens with one attached hydrogen (secondary N) is 2. The second-order valence-corrected chi connectivity index (χ2v) is 3.27. The first-order valence-electron chi connectivity index (χ1n) is 4.60. The Hall–Kier alpha value is -0.120. The first-order chi connectivity index (χ1) is 5.70. The van der Waals surface area contributed by atoms with Gasteiger partial charge in [-0.1, -0.05) is 0 Å². The highest BCUT2D eigenvalue weighted by molar-refractivity contribution is 4.67. The van der Waals surface area contributed by atoms with Gasteiger partial charge in [0.2, 0.25) is 0 Å². The molecule has 0 aliphatic carbocycles. The van der Waals surface area contributed by atoms with E-state index in [2.05, 4.69) is 24.5 Å². The highest BCUT2D eigenvalue weighted by atomic mass is 16.5. The van der Waals surface area contributed by atoms with Gasteiger partial charge in [-0.15, -0.1) is 0 Å². The molecule has 2 N–H and O–H groups in total. The summed E-state index contributed by atoms with van der Waals surface area (Å²) in [6, 6.07) is 1.14. The number of methoxy groups -OCH3 is 1. The second-order valence-electron chi connectivity index (χ2n) is 3.27. The lowest BCUT2D eigenvalue weighted by atomic mass is 10.1. The molecule has 0 aromatic rings. The number of hydrogen-bond donors (Lipinski definition) is 2. The molecule has 0 radical (unpaired) electrons. The van der Waals surface area contributed by atoms with E-state index in [1.807, 2.05) is 7.05 Å². The standard InChI is InChI=1S/C9H22N2O/c1-8(10-3)7-9(2)11-5-6-12-4/h8-11H,5-7H2,1-4H3. The lowest BCUT2D eigenvalue weighted by molar-refractivity contribution is 0.195. The van der Waals surface area contributed by atoms with Crippen molar-refractivity contribution < 1.29 is 4.74 Å². The van der Waals surface area contributed by atoms with Crippen LogP contribution < -0.4 is 10.6 Å². The molecule has 0 aliphatic heterocycles. The molecule has 3 heteroatoms. The quantitative estimate of drug-likeness (QED) is 0.555. The Balaban J connectivity index is 3.26. The summed E-state index contributed by atoms with van der Waals surface area (Å²) in [6.07, 6.45) is 1.15. The summed E-state index contributed by atoms with van der Waals surface area (Å²) in [7, 11) is 3.72. The molecular weight excluding hydrogens is 152 g/mol. The van der Waals surface area contributed by atoms with E-state index in [0.29, 0.717) is 12.1 Å². The highest BCUT2D eigenvalue weighted by Gasteiger charge is 2.04. The molecule has 0 saturated carbocycles. The fourth-order valence-electron chi connectivity index (χ4n) is 1.14. The molecular formula is C9H22N2O. The summed E-state index contributed by atoms with van der Waals surface area (Å²) in [5, 5.41) is 6.60. The fraction of sp³-hybridized carbons (Fsp3) is 1.00. The summed E-state index contributed by atoms with van der Waals surface area (Å²) >= 11 is 0. The first kappa shape index (κ1) is 11.9. The average molecular weight is 174 g/mol. The van der Waals surface area contributed by atoms with Crippen molar-refractivity contribution in [1.82, 2.24) is 10.6 Å². The molecule has 0 amide bonds. The molecule has 0 aromatic carbocycles. The van der Waals surface area contributed by atoms with Crippen molar-refractivity contribution in [1.29, 1.82) is 0 Å². The zero-order chi connectivity index (χ0) is 9.40. The average Bonchev–Trinajstić information content (AvgIpc) is 2.05. The maximum Gasteiger partial charge on any atom is 0.0587 e. The summed E-state index contributed by atoms with van der Waals surface area (Å²) < 4.78 is 4.95. The van der Waals surface area contributed by atoms with E-state index >= 15 is 0 Å². The van der Waals surface area contributed by atoms with Crippen LogP contribution in [0.4, 0.5) is 0 Å². The summed E-state index contributed by atoms with van der Waals surface area (Å²) in [4.78, 5) is 0. The molecule has 0 fully saturated rings. The van der Waals surface area contributed by atoms with Crippen LogP contribution in [-0.4, -0.2) is 39.4 Å². The van der Waals surface area contributed by atoms with Gasteiger partial charge in [-0.25, -0.2) is 0 Å². The van der Waals surface area contributed by atoms with Gasteiger partial charge >= 0.3 is 0 Å². The van der Waals surface area contributed by atoms with E-state index in [9.17, 15) is 0 Å². The van der Waals surface area contributed by atoms with Crippen LogP contribution in [0.15, 0.2) is 0 Å². The molecule has 0 aliphatic rings. The van der Waals surface area contributed by atoms with Crippen molar-refractivity contribution in [3.63, 3.8) is 0 Å². The summed E-state index contributed by atoms with van der Waals surface area (Å²) in [6.45, 7) is 6.12. The minimum Gasteiger partial charge on any atom is -0.383 e. The minimum atomic E-state index is 0.558. The molecule has 0 bridgehead atoms. The van der Waals surface area contributed by atoms with Gasteiger partial charge in [0.15, 0.2) is 0 Å². The third-order valence-corrected chi connectivity index (χ3v) is 2.00. The van der Waals surface area contributed by atoms with Crippen LogP contribution in [-0.2, 0) is 4.74 Å². The van der Waals surface area contributed by atoms with Crippen LogP contribution in [0.2, 0.25) is 0 Å². The van der Waals surface area contributed by atoms with Crippen molar-refractivity contribution in [2.45, 2.75) is 32.4 Å². The summed E-state index contributed by atoms with van der Waals surface area (Å²) in [5.74, 6) is 0. The third kappa shape index (κ3) is 6.58. The normalized spacial score (nSPS) is 16.0. The maximum atomic E-state index is 4.95. The van der Waals surface area contributed by atoms with Crippen LogP contribution in [0, 0.1) is 0 Å². The van der Waals surface area contributed by atoms with Gasteiger partial charge in [-0.05, 0) is 27.3 Å². The Morgan fingerprint density at radius 1 is 1.25 bits per heavy atom. The molecule has 0 aromatic heterocycles. The molecule has 0 rings (SSSR count). The zero-order valence-corrected chi connectivity index (χ0v) is 8.68. The van der Waals surface area contributed by atoms with E-state index in [0.717, 1.165) is 19.6 Å². The van der Waals surface area contributed by atoms with E-state index in [1.54, 1.807) is 7.11 Å². The van der Waals surface area contributed by atoms with Crippen LogP contribution in [0.5, 0.6) is 0 Å². The molecule has 12 heavy (non-hydrogen) atoms. The van der Waals surface area contributed by atoms with Crippen molar-refractivity contribution >= 4 is 0 Å². The monoisotopic (exact) mass is 174 g/mol. The predicted molar refractivity (Wildman–Crippen MR) is 52.5 cm³/mol. The van der Waals surface area contributed by atoms with Gasteiger partial charge in [0.05, 0.1) is 6.61 Å². The molecule has 2 atom stereocenters. The van der Waals surface area contributed by atoms with Crippen LogP contribution in [0.1, 0.15) is 20.3 Å².